The van der Waals surface area contributed by atoms with Crippen LogP contribution in [0.2, 0.25) is 11.1 Å². The number of likely N-dealkylation sites (N-methyl/N-ethyl adjacent to an activating group) is 1. The van der Waals surface area contributed by atoms with E-state index in [2.05, 4.69) is 0 Å². The first-order chi connectivity index (χ1) is 22.9. The Labute approximate surface area is 302 Å². The van der Waals surface area contributed by atoms with Crippen LogP contribution in [0.4, 0.5) is 0 Å². The molecule has 284 valence electrons. The minimum absolute atomic E-state index is 0.101. The van der Waals surface area contributed by atoms with Crippen molar-refractivity contribution in [2.75, 3.05) is 21.2 Å². The van der Waals surface area contributed by atoms with Crippen molar-refractivity contribution in [1.82, 2.24) is 4.90 Å². The molecule has 0 aromatic rings. The number of hydrogen-bond acceptors (Lipinski definition) is 12. The van der Waals surface area contributed by atoms with Crippen LogP contribution in [-0.4, -0.2) is 141 Å². The van der Waals surface area contributed by atoms with E-state index in [4.69, 9.17) is 44.1 Å². The van der Waals surface area contributed by atoms with Crippen molar-refractivity contribution in [3.8, 4) is 0 Å². The predicted molar refractivity (Wildman–Crippen MR) is 189 cm³/mol. The Morgan fingerprint density at radius 1 is 0.920 bits per heavy atom. The molecule has 3 fully saturated rings. The van der Waals surface area contributed by atoms with E-state index in [0.717, 1.165) is 0 Å². The van der Waals surface area contributed by atoms with Crippen molar-refractivity contribution in [2.45, 2.75) is 172 Å². The van der Waals surface area contributed by atoms with E-state index in [1.807, 2.05) is 46.7 Å². The molecule has 0 amide bonds. The Kier molecular flexibility index (Phi) is 14.3. The van der Waals surface area contributed by atoms with Crippen LogP contribution >= 0.6 is 0 Å². The van der Waals surface area contributed by atoms with Crippen LogP contribution in [0.15, 0.2) is 0 Å². The second-order valence-electron chi connectivity index (χ2n) is 16.4. The van der Waals surface area contributed by atoms with Crippen LogP contribution in [0.1, 0.15) is 88.5 Å². The fraction of sp³-hybridized carbons (Fsp3) is 0.944. The average molecular weight is 708 g/mol. The lowest BCUT2D eigenvalue weighted by Crippen LogP contribution is -2.58. The Morgan fingerprint density at radius 2 is 1.52 bits per heavy atom. The molecule has 0 aromatic heterocycles. The van der Waals surface area contributed by atoms with Gasteiger partial charge in [0, 0.05) is 37.3 Å². The number of cyclic esters (lactones) is 1. The van der Waals surface area contributed by atoms with Gasteiger partial charge >= 0.3 is 5.97 Å². The molecule has 14 heteroatoms. The SMILES string of the molecule is [B]C1C(C)OC(OC2C(C)C(=O)OC(C)C(C)(O)C(O)C(C)C(=O)C(C)CC([B])(C)C(OC3OC(C)CC(N(C)C)C3O)C2C)CC1(C)OC. The largest absolute Gasteiger partial charge is 0.459 e. The summed E-state index contributed by atoms with van der Waals surface area (Å²) < 4.78 is 37.5. The summed E-state index contributed by atoms with van der Waals surface area (Å²) in [5, 5.41) is 32.9. The van der Waals surface area contributed by atoms with Crippen LogP contribution in [0.5, 0.6) is 0 Å². The molecular weight excluding hydrogens is 644 g/mol. The minimum atomic E-state index is -1.96. The standard InChI is InChI=1S/C36H63B2NO11/c1-17-15-34(8,38)31(50-33-27(41)24(39(11)12)14-18(2)46-33)20(4)28(49-25-16-35(9,45-13)29(37)22(6)47-25)21(5)32(43)48-23(7)36(10,44)30(42)19(3)26(17)40/h17-25,27-31,33,41-42,44H,14-16H2,1-13H3. The number of ketones is 1. The lowest BCUT2D eigenvalue weighted by Gasteiger charge is -2.50. The van der Waals surface area contributed by atoms with Crippen molar-refractivity contribution in [2.24, 2.45) is 23.7 Å². The summed E-state index contributed by atoms with van der Waals surface area (Å²) in [6, 6.07) is -0.271. The Balaban J connectivity index is 2.16. The molecule has 3 heterocycles. The van der Waals surface area contributed by atoms with Crippen molar-refractivity contribution >= 4 is 27.4 Å². The third-order valence-corrected chi connectivity index (χ3v) is 11.9. The predicted octanol–water partition coefficient (Wildman–Crippen LogP) is 2.59. The maximum atomic E-state index is 14.0. The first kappa shape index (κ1) is 43.3. The van der Waals surface area contributed by atoms with E-state index in [-0.39, 0.29) is 30.8 Å². The second kappa shape index (κ2) is 16.5. The number of aliphatic hydroxyl groups is 3. The van der Waals surface area contributed by atoms with Gasteiger partial charge in [-0.2, -0.15) is 0 Å². The quantitative estimate of drug-likeness (QED) is 0.275. The molecule has 3 aliphatic heterocycles. The van der Waals surface area contributed by atoms with Gasteiger partial charge in [0.1, 0.15) is 23.6 Å². The topological polar surface area (TPSA) is 153 Å². The molecule has 3 aliphatic rings. The Morgan fingerprint density at radius 3 is 2.08 bits per heavy atom. The molecule has 0 aromatic carbocycles. The van der Waals surface area contributed by atoms with E-state index in [9.17, 15) is 24.9 Å². The number of hydrogen-bond donors (Lipinski definition) is 3. The van der Waals surface area contributed by atoms with Gasteiger partial charge in [-0.05, 0) is 79.6 Å². The number of aliphatic hydroxyl groups excluding tert-OH is 2. The zero-order valence-electron chi connectivity index (χ0n) is 32.5. The van der Waals surface area contributed by atoms with Gasteiger partial charge in [-0.15, -0.1) is 0 Å². The number of methoxy groups -OCH3 is 1. The normalized spacial score (nSPS) is 50.5. The van der Waals surface area contributed by atoms with E-state index < -0.39 is 101 Å². The molecule has 0 aliphatic carbocycles. The van der Waals surface area contributed by atoms with Gasteiger partial charge in [-0.25, -0.2) is 0 Å². The zero-order chi connectivity index (χ0) is 38.3. The molecule has 3 saturated heterocycles. The van der Waals surface area contributed by atoms with Crippen molar-refractivity contribution in [3.63, 3.8) is 0 Å². The van der Waals surface area contributed by atoms with Crippen molar-refractivity contribution in [1.29, 1.82) is 0 Å². The number of nitrogens with zero attached hydrogens (tertiary/aromatic N) is 1. The highest BCUT2D eigenvalue weighted by Crippen LogP contribution is 2.46. The first-order valence-electron chi connectivity index (χ1n) is 18.1. The summed E-state index contributed by atoms with van der Waals surface area (Å²) in [5.41, 5.74) is -2.76. The third-order valence-electron chi connectivity index (χ3n) is 11.9. The maximum absolute atomic E-state index is 14.0. The van der Waals surface area contributed by atoms with Crippen LogP contribution in [0, 0.1) is 23.7 Å². The van der Waals surface area contributed by atoms with Gasteiger partial charge in [0.15, 0.2) is 12.6 Å². The van der Waals surface area contributed by atoms with Crippen LogP contribution < -0.4 is 0 Å². The van der Waals surface area contributed by atoms with Gasteiger partial charge < -0.3 is 48.6 Å². The minimum Gasteiger partial charge on any atom is -0.459 e. The zero-order valence-corrected chi connectivity index (χ0v) is 32.5. The summed E-state index contributed by atoms with van der Waals surface area (Å²) in [7, 11) is 19.0. The smallest absolute Gasteiger partial charge is 0.311 e. The molecule has 3 rings (SSSR count). The lowest BCUT2D eigenvalue weighted by atomic mass is 9.57. The molecule has 18 atom stereocenters. The molecule has 3 N–H and O–H groups in total. The van der Waals surface area contributed by atoms with Gasteiger partial charge in [0.05, 0.1) is 57.7 Å². The van der Waals surface area contributed by atoms with Crippen molar-refractivity contribution < 1.29 is 53.3 Å². The summed E-state index contributed by atoms with van der Waals surface area (Å²) in [5.74, 6) is -4.85. The van der Waals surface area contributed by atoms with E-state index in [0.29, 0.717) is 6.42 Å². The molecule has 12 nitrogen and oxygen atoms in total. The number of esters is 1. The van der Waals surface area contributed by atoms with Crippen LogP contribution in [-0.2, 0) is 38.0 Å². The molecule has 18 unspecified atom stereocenters. The molecule has 4 radical (unpaired) electrons. The summed E-state index contributed by atoms with van der Waals surface area (Å²) >= 11 is 0. The monoisotopic (exact) mass is 707 g/mol. The van der Waals surface area contributed by atoms with E-state index in [1.165, 1.54) is 20.8 Å². The van der Waals surface area contributed by atoms with Crippen LogP contribution in [0.3, 0.4) is 0 Å². The molecule has 0 bridgehead atoms. The molecule has 50 heavy (non-hydrogen) atoms. The Hall–Kier alpha value is -1.09. The van der Waals surface area contributed by atoms with E-state index in [1.54, 1.807) is 27.9 Å². The molecular formula is C36H63B2NO11. The van der Waals surface area contributed by atoms with E-state index >= 15 is 0 Å². The van der Waals surface area contributed by atoms with Gasteiger partial charge in [-0.1, -0.05) is 27.7 Å². The third kappa shape index (κ3) is 9.16. The number of carbonyl (C=O) groups is 2. The highest BCUT2D eigenvalue weighted by atomic mass is 16.7. The van der Waals surface area contributed by atoms with Crippen LogP contribution in [0.25, 0.3) is 0 Å². The number of ether oxygens (including phenoxy) is 6. The summed E-state index contributed by atoms with van der Waals surface area (Å²) in [6.45, 7) is 16.9. The molecule has 0 spiro atoms. The fourth-order valence-corrected chi connectivity index (χ4v) is 8.12. The van der Waals surface area contributed by atoms with Gasteiger partial charge in [0.25, 0.3) is 0 Å². The molecule has 0 saturated carbocycles. The number of carbonyl (C=O) groups excluding carboxylic acids is 2. The maximum Gasteiger partial charge on any atom is 0.311 e. The number of Topliss-reactive ketones (excluding diaryl/α,β-unsaturated/α-hetero) is 1. The highest BCUT2D eigenvalue weighted by molar-refractivity contribution is 6.15. The van der Waals surface area contributed by atoms with Crippen molar-refractivity contribution in [3.05, 3.63) is 0 Å². The van der Waals surface area contributed by atoms with Gasteiger partial charge in [0.2, 0.25) is 0 Å². The lowest BCUT2D eigenvalue weighted by molar-refractivity contribution is -0.295. The number of rotatable bonds is 6. The fourth-order valence-electron chi connectivity index (χ4n) is 8.12. The second-order valence-corrected chi connectivity index (χ2v) is 16.4. The average Bonchev–Trinajstić information content (AvgIpc) is 3.03. The summed E-state index contributed by atoms with van der Waals surface area (Å²) in [6.07, 6.45) is -7.44. The summed E-state index contributed by atoms with van der Waals surface area (Å²) in [4.78, 5) is 29.7. The highest BCUT2D eigenvalue weighted by Gasteiger charge is 2.52. The first-order valence-corrected chi connectivity index (χ1v) is 18.1. The Bertz CT molecular complexity index is 1160. The van der Waals surface area contributed by atoms with Gasteiger partial charge in [-0.3, -0.25) is 9.59 Å².